The van der Waals surface area contributed by atoms with Crippen molar-refractivity contribution in [2.45, 2.75) is 5.03 Å². The van der Waals surface area contributed by atoms with Crippen molar-refractivity contribution in [3.05, 3.63) is 35.9 Å². The zero-order valence-corrected chi connectivity index (χ0v) is 15.3. The van der Waals surface area contributed by atoms with Gasteiger partial charge < -0.3 is 19.1 Å². The Morgan fingerprint density at radius 1 is 1.19 bits per heavy atom. The third-order valence-corrected chi connectivity index (χ3v) is 5.32. The lowest BCUT2D eigenvalue weighted by molar-refractivity contribution is -0.132. The lowest BCUT2D eigenvalue weighted by atomic mass is 10.1. The minimum Gasteiger partial charge on any atom is -0.454 e. The van der Waals surface area contributed by atoms with E-state index in [1.165, 1.54) is 11.8 Å². The summed E-state index contributed by atoms with van der Waals surface area (Å²) < 4.78 is 16.0. The third kappa shape index (κ3) is 3.84. The first kappa shape index (κ1) is 17.6. The van der Waals surface area contributed by atoms with Crippen LogP contribution in [0.15, 0.2) is 35.4 Å². The number of benzene rings is 1. The highest BCUT2D eigenvalue weighted by Crippen LogP contribution is 2.36. The number of morpholine rings is 1. The largest absolute Gasteiger partial charge is 0.454 e. The number of thioether (sulfide) groups is 1. The van der Waals surface area contributed by atoms with Crippen LogP contribution in [0.4, 0.5) is 0 Å². The second kappa shape index (κ2) is 7.86. The van der Waals surface area contributed by atoms with E-state index in [1.807, 2.05) is 18.2 Å². The average Bonchev–Trinajstić information content (AvgIpc) is 3.20. The molecule has 1 amide bonds. The van der Waals surface area contributed by atoms with E-state index in [1.54, 1.807) is 17.0 Å². The molecule has 2 aliphatic heterocycles. The topological polar surface area (TPSA) is 84.7 Å². The highest BCUT2D eigenvalue weighted by Gasteiger charge is 2.19. The first-order valence-corrected chi connectivity index (χ1v) is 9.52. The Labute approximate surface area is 160 Å². The fourth-order valence-corrected chi connectivity index (χ4v) is 3.76. The number of ether oxygens (including phenoxy) is 3. The number of amides is 1. The molecule has 1 fully saturated rings. The average molecular weight is 383 g/mol. The van der Waals surface area contributed by atoms with E-state index in [0.717, 1.165) is 5.56 Å². The van der Waals surface area contributed by atoms with Crippen LogP contribution in [0.25, 0.3) is 11.3 Å². The van der Waals surface area contributed by atoms with Crippen molar-refractivity contribution in [1.29, 1.82) is 5.26 Å². The Morgan fingerprint density at radius 3 is 2.81 bits per heavy atom. The zero-order valence-electron chi connectivity index (χ0n) is 14.5. The van der Waals surface area contributed by atoms with E-state index in [4.69, 9.17) is 14.2 Å². The summed E-state index contributed by atoms with van der Waals surface area (Å²) in [5, 5.41) is 9.92. The van der Waals surface area contributed by atoms with E-state index in [2.05, 4.69) is 11.1 Å². The molecule has 0 radical (unpaired) electrons. The SMILES string of the molecule is N#Cc1ccc(-c2ccc3c(c2)OCO3)nc1SCC(=O)N1CCOCC1. The van der Waals surface area contributed by atoms with Crippen molar-refractivity contribution in [2.24, 2.45) is 0 Å². The number of nitrogens with zero attached hydrogens (tertiary/aromatic N) is 3. The van der Waals surface area contributed by atoms with E-state index >= 15 is 0 Å². The lowest BCUT2D eigenvalue weighted by Crippen LogP contribution is -2.41. The molecule has 0 atom stereocenters. The van der Waals surface area contributed by atoms with Gasteiger partial charge in [0, 0.05) is 18.7 Å². The van der Waals surface area contributed by atoms with Crippen LogP contribution >= 0.6 is 11.8 Å². The number of nitriles is 1. The lowest BCUT2D eigenvalue weighted by Gasteiger charge is -2.26. The van der Waals surface area contributed by atoms with Gasteiger partial charge in [-0.3, -0.25) is 4.79 Å². The number of hydrogen-bond donors (Lipinski definition) is 0. The Balaban J connectivity index is 1.52. The van der Waals surface area contributed by atoms with Crippen LogP contribution in [0.2, 0.25) is 0 Å². The first-order valence-electron chi connectivity index (χ1n) is 8.54. The molecule has 0 aliphatic carbocycles. The summed E-state index contributed by atoms with van der Waals surface area (Å²) in [7, 11) is 0. The van der Waals surface area contributed by atoms with Gasteiger partial charge >= 0.3 is 0 Å². The minimum absolute atomic E-state index is 0.0301. The van der Waals surface area contributed by atoms with Gasteiger partial charge in [0.25, 0.3) is 0 Å². The highest BCUT2D eigenvalue weighted by atomic mass is 32.2. The van der Waals surface area contributed by atoms with Gasteiger partial charge in [0.15, 0.2) is 11.5 Å². The van der Waals surface area contributed by atoms with Gasteiger partial charge in [0.2, 0.25) is 12.7 Å². The molecule has 7 nitrogen and oxygen atoms in total. The maximum Gasteiger partial charge on any atom is 0.233 e. The van der Waals surface area contributed by atoms with Crippen LogP contribution in [0.1, 0.15) is 5.56 Å². The normalized spacial score (nSPS) is 15.4. The number of aromatic nitrogens is 1. The quantitative estimate of drug-likeness (QED) is 0.749. The van der Waals surface area contributed by atoms with Gasteiger partial charge in [-0.25, -0.2) is 4.98 Å². The van der Waals surface area contributed by atoms with E-state index < -0.39 is 0 Å². The number of carbonyl (C=O) groups excluding carboxylic acids is 1. The molecule has 1 saturated heterocycles. The second-order valence-electron chi connectivity index (χ2n) is 6.01. The molecule has 8 heteroatoms. The van der Waals surface area contributed by atoms with E-state index in [-0.39, 0.29) is 18.5 Å². The standard InChI is InChI=1S/C19H17N3O4S/c20-10-14-1-3-15(13-2-4-16-17(9-13)26-12-25-16)21-19(14)27-11-18(23)22-5-7-24-8-6-22/h1-4,9H,5-8,11-12H2. The van der Waals surface area contributed by atoms with Crippen molar-refractivity contribution < 1.29 is 19.0 Å². The maximum absolute atomic E-state index is 12.4. The Hall–Kier alpha value is -2.76. The number of carbonyl (C=O) groups is 1. The fraction of sp³-hybridized carbons (Fsp3) is 0.316. The van der Waals surface area contributed by atoms with Gasteiger partial charge in [-0.1, -0.05) is 11.8 Å². The van der Waals surface area contributed by atoms with E-state index in [0.29, 0.717) is 54.1 Å². The van der Waals surface area contributed by atoms with Crippen LogP contribution in [0.3, 0.4) is 0 Å². The third-order valence-electron chi connectivity index (χ3n) is 4.35. The fourth-order valence-electron chi connectivity index (χ4n) is 2.89. The number of rotatable bonds is 4. The molecular weight excluding hydrogens is 366 g/mol. The van der Waals surface area contributed by atoms with Gasteiger partial charge in [0.05, 0.1) is 30.2 Å². The Bertz CT molecular complexity index is 906. The van der Waals surface area contributed by atoms with E-state index in [9.17, 15) is 10.1 Å². The summed E-state index contributed by atoms with van der Waals surface area (Å²) in [5.74, 6) is 1.66. The number of pyridine rings is 1. The molecule has 0 N–H and O–H groups in total. The summed E-state index contributed by atoms with van der Waals surface area (Å²) in [6, 6.07) is 11.3. The van der Waals surface area contributed by atoms with Crippen LogP contribution in [-0.4, -0.2) is 54.6 Å². The molecule has 0 unspecified atom stereocenters. The monoisotopic (exact) mass is 383 g/mol. The van der Waals surface area contributed by atoms with Crippen LogP contribution < -0.4 is 9.47 Å². The molecule has 0 bridgehead atoms. The van der Waals surface area contributed by atoms with Gasteiger partial charge in [0.1, 0.15) is 11.1 Å². The number of hydrogen-bond acceptors (Lipinski definition) is 7. The van der Waals surface area contributed by atoms with Crippen LogP contribution in [0, 0.1) is 11.3 Å². The van der Waals surface area contributed by atoms with Crippen molar-refractivity contribution >= 4 is 17.7 Å². The summed E-state index contributed by atoms with van der Waals surface area (Å²) >= 11 is 1.29. The first-order chi connectivity index (χ1) is 13.2. The zero-order chi connectivity index (χ0) is 18.6. The van der Waals surface area contributed by atoms with Gasteiger partial charge in [-0.05, 0) is 30.3 Å². The molecule has 1 aromatic heterocycles. The van der Waals surface area contributed by atoms with Crippen molar-refractivity contribution in [3.63, 3.8) is 0 Å². The predicted molar refractivity (Wildman–Crippen MR) is 98.6 cm³/mol. The molecular formula is C19H17N3O4S. The Kier molecular flexibility index (Phi) is 5.14. The summed E-state index contributed by atoms with van der Waals surface area (Å²) in [6.07, 6.45) is 0. The number of fused-ring (bicyclic) bond motifs is 1. The molecule has 27 heavy (non-hydrogen) atoms. The summed E-state index contributed by atoms with van der Waals surface area (Å²) in [6.45, 7) is 2.56. The highest BCUT2D eigenvalue weighted by molar-refractivity contribution is 8.00. The molecule has 3 heterocycles. The van der Waals surface area contributed by atoms with Crippen LogP contribution in [0.5, 0.6) is 11.5 Å². The van der Waals surface area contributed by atoms with Gasteiger partial charge in [-0.15, -0.1) is 0 Å². The molecule has 0 spiro atoms. The smallest absolute Gasteiger partial charge is 0.233 e. The maximum atomic E-state index is 12.4. The van der Waals surface area contributed by atoms with Crippen LogP contribution in [-0.2, 0) is 9.53 Å². The van der Waals surface area contributed by atoms with Crippen molar-refractivity contribution in [2.75, 3.05) is 38.8 Å². The van der Waals surface area contributed by atoms with Crippen molar-refractivity contribution in [1.82, 2.24) is 9.88 Å². The molecule has 138 valence electrons. The molecule has 2 aromatic rings. The molecule has 2 aliphatic rings. The predicted octanol–water partition coefficient (Wildman–Crippen LogP) is 2.30. The molecule has 0 saturated carbocycles. The minimum atomic E-state index is 0.0301. The van der Waals surface area contributed by atoms with Crippen molar-refractivity contribution in [3.8, 4) is 28.8 Å². The summed E-state index contributed by atoms with van der Waals surface area (Å²) in [4.78, 5) is 18.7. The Morgan fingerprint density at radius 2 is 2.00 bits per heavy atom. The molecule has 4 rings (SSSR count). The summed E-state index contributed by atoms with van der Waals surface area (Å²) in [5.41, 5.74) is 2.04. The van der Waals surface area contributed by atoms with Gasteiger partial charge in [-0.2, -0.15) is 5.26 Å². The second-order valence-corrected chi connectivity index (χ2v) is 6.97. The molecule has 1 aromatic carbocycles.